The third-order valence-corrected chi connectivity index (χ3v) is 3.40. The van der Waals surface area contributed by atoms with E-state index in [1.54, 1.807) is 25.1 Å². The highest BCUT2D eigenvalue weighted by Gasteiger charge is 2.10. The molecule has 0 spiro atoms. The molecule has 0 aromatic carbocycles. The number of hydrogen-bond donors (Lipinski definition) is 1. The van der Waals surface area contributed by atoms with Crippen LogP contribution >= 0.6 is 22.9 Å². The molecule has 0 aliphatic heterocycles. The molecule has 5 heteroatoms. The lowest BCUT2D eigenvalue weighted by Crippen LogP contribution is -2.01. The summed E-state index contributed by atoms with van der Waals surface area (Å²) in [5.41, 5.74) is 1.49. The molecule has 82 valence electrons. The fourth-order valence-corrected chi connectivity index (χ4v) is 2.39. The van der Waals surface area contributed by atoms with Crippen molar-refractivity contribution in [3.8, 4) is 10.6 Å². The first kappa shape index (κ1) is 11.1. The van der Waals surface area contributed by atoms with Crippen molar-refractivity contribution in [3.05, 3.63) is 39.9 Å². The number of hydrogen-bond acceptors (Lipinski definition) is 3. The van der Waals surface area contributed by atoms with E-state index in [0.29, 0.717) is 10.0 Å². The maximum Gasteiger partial charge on any atom is 0.337 e. The number of rotatable bonds is 2. The van der Waals surface area contributed by atoms with Crippen molar-refractivity contribution in [2.75, 3.05) is 0 Å². The number of nitrogens with zero attached hydrogens (tertiary/aromatic N) is 1. The average molecular weight is 254 g/mol. The molecule has 0 aliphatic rings. The minimum Gasteiger partial charge on any atom is -0.478 e. The number of aryl methyl sites for hydroxylation is 1. The van der Waals surface area contributed by atoms with Gasteiger partial charge in [-0.1, -0.05) is 11.6 Å². The maximum atomic E-state index is 10.8. The molecule has 0 fully saturated rings. The molecule has 0 saturated carbocycles. The van der Waals surface area contributed by atoms with Gasteiger partial charge in [0, 0.05) is 0 Å². The van der Waals surface area contributed by atoms with Gasteiger partial charge in [-0.25, -0.2) is 4.79 Å². The summed E-state index contributed by atoms with van der Waals surface area (Å²) >= 11 is 7.25. The fourth-order valence-electron chi connectivity index (χ4n) is 1.38. The normalized spacial score (nSPS) is 10.4. The van der Waals surface area contributed by atoms with Gasteiger partial charge in [0.2, 0.25) is 0 Å². The van der Waals surface area contributed by atoms with Gasteiger partial charge in [0.25, 0.3) is 0 Å². The van der Waals surface area contributed by atoms with Crippen LogP contribution in [0.1, 0.15) is 16.1 Å². The highest BCUT2D eigenvalue weighted by Crippen LogP contribution is 2.30. The standard InChI is InChI=1S/C11H8ClNO2S/c1-6-7(11(14)15)2-3-8(13-6)9-4-5-10(12)16-9/h2-5H,1H3,(H,14,15). The molecule has 0 bridgehead atoms. The monoisotopic (exact) mass is 253 g/mol. The summed E-state index contributed by atoms with van der Waals surface area (Å²) in [5.74, 6) is -0.958. The van der Waals surface area contributed by atoms with Crippen LogP contribution in [0.25, 0.3) is 10.6 Å². The summed E-state index contributed by atoms with van der Waals surface area (Å²) in [6.07, 6.45) is 0. The number of halogens is 1. The second-order valence-electron chi connectivity index (χ2n) is 3.24. The largest absolute Gasteiger partial charge is 0.478 e. The summed E-state index contributed by atoms with van der Waals surface area (Å²) in [4.78, 5) is 16.0. The Balaban J connectivity index is 2.45. The van der Waals surface area contributed by atoms with E-state index in [0.717, 1.165) is 10.6 Å². The predicted octanol–water partition coefficient (Wildman–Crippen LogP) is 3.47. The minimum absolute atomic E-state index is 0.228. The number of aromatic carboxylic acids is 1. The van der Waals surface area contributed by atoms with Crippen molar-refractivity contribution >= 4 is 28.9 Å². The van der Waals surface area contributed by atoms with Gasteiger partial charge in [0.05, 0.1) is 26.2 Å². The number of aromatic nitrogens is 1. The molecule has 0 unspecified atom stereocenters. The zero-order valence-electron chi connectivity index (χ0n) is 8.40. The molecule has 0 amide bonds. The molecule has 0 saturated heterocycles. The van der Waals surface area contributed by atoms with Gasteiger partial charge >= 0.3 is 5.97 Å². The van der Waals surface area contributed by atoms with Crippen LogP contribution in [0.15, 0.2) is 24.3 Å². The average Bonchev–Trinajstić information content (AvgIpc) is 2.64. The third kappa shape index (κ3) is 2.08. The number of carboxylic acid groups (broad SMARTS) is 1. The van der Waals surface area contributed by atoms with Gasteiger partial charge in [-0.2, -0.15) is 0 Å². The van der Waals surface area contributed by atoms with E-state index in [4.69, 9.17) is 16.7 Å². The zero-order valence-corrected chi connectivity index (χ0v) is 9.97. The molecule has 1 N–H and O–H groups in total. The molecule has 2 aromatic rings. The summed E-state index contributed by atoms with van der Waals surface area (Å²) in [6.45, 7) is 1.68. The summed E-state index contributed by atoms with van der Waals surface area (Å²) in [5, 5.41) is 8.87. The van der Waals surface area contributed by atoms with E-state index in [1.165, 1.54) is 11.3 Å². The lowest BCUT2D eigenvalue weighted by molar-refractivity contribution is 0.0695. The Bertz CT molecular complexity index is 551. The van der Waals surface area contributed by atoms with Crippen molar-refractivity contribution in [1.82, 2.24) is 4.98 Å². The maximum absolute atomic E-state index is 10.8. The quantitative estimate of drug-likeness (QED) is 0.892. The molecule has 0 aliphatic carbocycles. The molecular weight excluding hydrogens is 246 g/mol. The van der Waals surface area contributed by atoms with Crippen molar-refractivity contribution in [2.45, 2.75) is 6.92 Å². The number of thiophene rings is 1. The number of carboxylic acids is 1. The Kier molecular flexibility index (Phi) is 2.94. The second-order valence-corrected chi connectivity index (χ2v) is 4.95. The summed E-state index contributed by atoms with van der Waals surface area (Å²) in [6, 6.07) is 6.92. The minimum atomic E-state index is -0.958. The van der Waals surface area contributed by atoms with Crippen molar-refractivity contribution in [2.24, 2.45) is 0 Å². The smallest absolute Gasteiger partial charge is 0.337 e. The Labute approximate surface area is 101 Å². The van der Waals surface area contributed by atoms with Gasteiger partial charge in [-0.15, -0.1) is 11.3 Å². The van der Waals surface area contributed by atoms with E-state index >= 15 is 0 Å². The van der Waals surface area contributed by atoms with Crippen molar-refractivity contribution < 1.29 is 9.90 Å². The fraction of sp³-hybridized carbons (Fsp3) is 0.0909. The first-order valence-corrected chi connectivity index (χ1v) is 5.74. The van der Waals surface area contributed by atoms with Crippen LogP contribution in [-0.4, -0.2) is 16.1 Å². The van der Waals surface area contributed by atoms with E-state index in [2.05, 4.69) is 4.98 Å². The summed E-state index contributed by atoms with van der Waals surface area (Å²) < 4.78 is 0.691. The van der Waals surface area contributed by atoms with Gasteiger partial charge in [-0.3, -0.25) is 4.98 Å². The van der Waals surface area contributed by atoms with E-state index in [-0.39, 0.29) is 5.56 Å². The van der Waals surface area contributed by atoms with Crippen molar-refractivity contribution in [3.63, 3.8) is 0 Å². The molecule has 0 atom stereocenters. The van der Waals surface area contributed by atoms with E-state index in [9.17, 15) is 4.79 Å². The zero-order chi connectivity index (χ0) is 11.7. The topological polar surface area (TPSA) is 50.2 Å². The lowest BCUT2D eigenvalue weighted by Gasteiger charge is -2.02. The molecule has 3 nitrogen and oxygen atoms in total. The Morgan fingerprint density at radius 2 is 2.12 bits per heavy atom. The van der Waals surface area contributed by atoms with Gasteiger partial charge in [0.1, 0.15) is 0 Å². The third-order valence-electron chi connectivity index (χ3n) is 2.14. The Hall–Kier alpha value is -1.39. The molecule has 2 aromatic heterocycles. The number of carbonyl (C=O) groups is 1. The summed E-state index contributed by atoms with van der Waals surface area (Å²) in [7, 11) is 0. The first-order chi connectivity index (χ1) is 7.58. The van der Waals surface area contributed by atoms with Gasteiger partial charge < -0.3 is 5.11 Å². The first-order valence-electron chi connectivity index (χ1n) is 4.54. The van der Waals surface area contributed by atoms with Crippen LogP contribution in [0.2, 0.25) is 4.34 Å². The highest BCUT2D eigenvalue weighted by atomic mass is 35.5. The SMILES string of the molecule is Cc1nc(-c2ccc(Cl)s2)ccc1C(=O)O. The van der Waals surface area contributed by atoms with Crippen LogP contribution in [0.5, 0.6) is 0 Å². The lowest BCUT2D eigenvalue weighted by atomic mass is 10.2. The molecule has 2 rings (SSSR count). The van der Waals surface area contributed by atoms with Gasteiger partial charge in [-0.05, 0) is 31.2 Å². The van der Waals surface area contributed by atoms with Crippen LogP contribution in [0.4, 0.5) is 0 Å². The van der Waals surface area contributed by atoms with Crippen LogP contribution in [0, 0.1) is 6.92 Å². The second kappa shape index (κ2) is 4.23. The van der Waals surface area contributed by atoms with E-state index in [1.807, 2.05) is 6.07 Å². The Morgan fingerprint density at radius 1 is 1.38 bits per heavy atom. The van der Waals surface area contributed by atoms with Gasteiger partial charge in [0.15, 0.2) is 0 Å². The molecule has 16 heavy (non-hydrogen) atoms. The van der Waals surface area contributed by atoms with Crippen LogP contribution < -0.4 is 0 Å². The highest BCUT2D eigenvalue weighted by molar-refractivity contribution is 7.19. The predicted molar refractivity (Wildman–Crippen MR) is 64.3 cm³/mol. The van der Waals surface area contributed by atoms with E-state index < -0.39 is 5.97 Å². The number of pyridine rings is 1. The van der Waals surface area contributed by atoms with Crippen molar-refractivity contribution in [1.29, 1.82) is 0 Å². The Morgan fingerprint density at radius 3 is 2.62 bits per heavy atom. The molecule has 2 heterocycles. The van der Waals surface area contributed by atoms with Crippen LogP contribution in [-0.2, 0) is 0 Å². The molecular formula is C11H8ClNO2S. The molecule has 0 radical (unpaired) electrons. The van der Waals surface area contributed by atoms with Crippen LogP contribution in [0.3, 0.4) is 0 Å².